The second-order valence-electron chi connectivity index (χ2n) is 5.07. The molecule has 21 heavy (non-hydrogen) atoms. The van der Waals surface area contributed by atoms with Crippen LogP contribution in [0, 0.1) is 0 Å². The lowest BCUT2D eigenvalue weighted by molar-refractivity contribution is -0.114. The summed E-state index contributed by atoms with van der Waals surface area (Å²) in [6.07, 6.45) is 4.63. The average Bonchev–Trinajstić information content (AvgIpc) is 2.46. The minimum Gasteiger partial charge on any atom is -0.326 e. The van der Waals surface area contributed by atoms with Gasteiger partial charge in [0, 0.05) is 12.6 Å². The third-order valence-corrected chi connectivity index (χ3v) is 3.30. The van der Waals surface area contributed by atoms with E-state index in [4.69, 9.17) is 0 Å². The zero-order chi connectivity index (χ0) is 14.2. The zero-order valence-corrected chi connectivity index (χ0v) is 13.2. The molecule has 2 rings (SSSR count). The maximum Gasteiger partial charge on any atom is 0.221 e. The van der Waals surface area contributed by atoms with E-state index < -0.39 is 0 Å². The van der Waals surface area contributed by atoms with Crippen LogP contribution in [0.1, 0.15) is 30.9 Å². The number of nitrogens with one attached hydrogen (secondary N) is 1. The molecule has 2 aromatic carbocycles. The van der Waals surface area contributed by atoms with Crippen molar-refractivity contribution >= 4 is 24.0 Å². The van der Waals surface area contributed by atoms with Crippen LogP contribution in [0.5, 0.6) is 0 Å². The van der Waals surface area contributed by atoms with Crippen molar-refractivity contribution in [1.82, 2.24) is 0 Å². The highest BCUT2D eigenvalue weighted by Gasteiger charge is 1.98. The van der Waals surface area contributed by atoms with Gasteiger partial charge in [0.15, 0.2) is 0 Å². The van der Waals surface area contributed by atoms with E-state index in [0.717, 1.165) is 18.5 Å². The van der Waals surface area contributed by atoms with Crippen molar-refractivity contribution in [3.8, 4) is 0 Å². The molecule has 0 aromatic heterocycles. The molecule has 0 unspecified atom stereocenters. The van der Waals surface area contributed by atoms with E-state index in [1.54, 1.807) is 0 Å². The molecule has 2 nitrogen and oxygen atoms in total. The number of carbonyl (C=O) groups is 1. The molecular weight excluding hydrogens is 282 g/mol. The van der Waals surface area contributed by atoms with Gasteiger partial charge in [-0.05, 0) is 48.9 Å². The Bertz CT molecular complexity index is 537. The van der Waals surface area contributed by atoms with E-state index >= 15 is 0 Å². The van der Waals surface area contributed by atoms with Gasteiger partial charge in [-0.1, -0.05) is 42.5 Å². The van der Waals surface area contributed by atoms with Crippen LogP contribution in [0.25, 0.3) is 0 Å². The molecule has 0 aliphatic carbocycles. The fraction of sp³-hybridized carbons (Fsp3) is 0.278. The van der Waals surface area contributed by atoms with Crippen molar-refractivity contribution < 1.29 is 4.79 Å². The number of halogens is 1. The molecule has 1 N–H and O–H groups in total. The fourth-order valence-corrected chi connectivity index (χ4v) is 2.26. The quantitative estimate of drug-likeness (QED) is 0.774. The third kappa shape index (κ3) is 6.46. The topological polar surface area (TPSA) is 29.1 Å². The first kappa shape index (κ1) is 17.3. The van der Waals surface area contributed by atoms with Crippen LogP contribution < -0.4 is 5.32 Å². The lowest BCUT2D eigenvalue weighted by Gasteiger charge is -2.05. The maximum atomic E-state index is 10.9. The van der Waals surface area contributed by atoms with Crippen LogP contribution in [-0.4, -0.2) is 5.91 Å². The van der Waals surface area contributed by atoms with Gasteiger partial charge >= 0.3 is 0 Å². The molecular formula is C18H22ClNO. The first-order valence-corrected chi connectivity index (χ1v) is 7.14. The highest BCUT2D eigenvalue weighted by Crippen LogP contribution is 2.13. The van der Waals surface area contributed by atoms with Crippen LogP contribution in [0.15, 0.2) is 54.6 Å². The normalized spacial score (nSPS) is 9.76. The van der Waals surface area contributed by atoms with E-state index in [9.17, 15) is 4.79 Å². The van der Waals surface area contributed by atoms with E-state index in [1.807, 2.05) is 12.1 Å². The average molecular weight is 304 g/mol. The van der Waals surface area contributed by atoms with Gasteiger partial charge in [-0.2, -0.15) is 0 Å². The molecule has 1 amide bonds. The van der Waals surface area contributed by atoms with Gasteiger partial charge in [0.05, 0.1) is 0 Å². The molecule has 112 valence electrons. The number of rotatable bonds is 6. The van der Waals surface area contributed by atoms with E-state index in [2.05, 4.69) is 47.8 Å². The second-order valence-corrected chi connectivity index (χ2v) is 5.07. The van der Waals surface area contributed by atoms with Gasteiger partial charge < -0.3 is 5.32 Å². The molecule has 2 aromatic rings. The highest BCUT2D eigenvalue weighted by atomic mass is 35.5. The number of benzene rings is 2. The molecule has 0 heterocycles. The summed E-state index contributed by atoms with van der Waals surface area (Å²) in [4.78, 5) is 10.9. The molecule has 0 radical (unpaired) electrons. The van der Waals surface area contributed by atoms with Gasteiger partial charge in [0.25, 0.3) is 0 Å². The van der Waals surface area contributed by atoms with Crippen LogP contribution in [0.3, 0.4) is 0 Å². The van der Waals surface area contributed by atoms with E-state index in [-0.39, 0.29) is 18.3 Å². The number of aryl methyl sites for hydroxylation is 2. The largest absolute Gasteiger partial charge is 0.326 e. The van der Waals surface area contributed by atoms with Crippen molar-refractivity contribution in [3.05, 3.63) is 65.7 Å². The Morgan fingerprint density at radius 1 is 0.857 bits per heavy atom. The number of anilines is 1. The molecule has 0 atom stereocenters. The highest BCUT2D eigenvalue weighted by molar-refractivity contribution is 5.88. The Labute approximate surface area is 133 Å². The Morgan fingerprint density at radius 2 is 1.38 bits per heavy atom. The third-order valence-electron chi connectivity index (χ3n) is 3.30. The first-order valence-electron chi connectivity index (χ1n) is 7.14. The summed E-state index contributed by atoms with van der Waals surface area (Å²) in [6.45, 7) is 1.53. The zero-order valence-electron chi connectivity index (χ0n) is 12.3. The Morgan fingerprint density at radius 3 is 1.90 bits per heavy atom. The number of amides is 1. The van der Waals surface area contributed by atoms with Crippen molar-refractivity contribution in [2.75, 3.05) is 5.32 Å². The molecule has 3 heteroatoms. The smallest absolute Gasteiger partial charge is 0.221 e. The van der Waals surface area contributed by atoms with Crippen molar-refractivity contribution in [2.45, 2.75) is 32.6 Å². The van der Waals surface area contributed by atoms with Crippen molar-refractivity contribution in [1.29, 1.82) is 0 Å². The van der Waals surface area contributed by atoms with E-state index in [0.29, 0.717) is 0 Å². The minimum atomic E-state index is -0.0272. The predicted octanol–water partition coefficient (Wildman–Crippen LogP) is 4.63. The Hall–Kier alpha value is -1.80. The van der Waals surface area contributed by atoms with Crippen molar-refractivity contribution in [3.63, 3.8) is 0 Å². The molecule has 0 spiro atoms. The number of hydrogen-bond donors (Lipinski definition) is 1. The number of hydrogen-bond acceptors (Lipinski definition) is 1. The predicted molar refractivity (Wildman–Crippen MR) is 91.1 cm³/mol. The fourth-order valence-electron chi connectivity index (χ4n) is 2.26. The van der Waals surface area contributed by atoms with Gasteiger partial charge in [0.1, 0.15) is 0 Å². The number of unbranched alkanes of at least 4 members (excludes halogenated alkanes) is 1. The summed E-state index contributed by atoms with van der Waals surface area (Å²) < 4.78 is 0. The molecule has 0 fully saturated rings. The monoisotopic (exact) mass is 303 g/mol. The summed E-state index contributed by atoms with van der Waals surface area (Å²) in [7, 11) is 0. The number of carbonyl (C=O) groups excluding carboxylic acids is 1. The van der Waals surface area contributed by atoms with Crippen LogP contribution in [0.2, 0.25) is 0 Å². The molecule has 0 saturated carbocycles. The van der Waals surface area contributed by atoms with Gasteiger partial charge in [-0.3, -0.25) is 4.79 Å². The first-order chi connectivity index (χ1) is 9.74. The van der Waals surface area contributed by atoms with Crippen molar-refractivity contribution in [2.24, 2.45) is 0 Å². The lowest BCUT2D eigenvalue weighted by Crippen LogP contribution is -2.05. The maximum absolute atomic E-state index is 10.9. The standard InChI is InChI=1S/C18H21NO.ClH/c1-15(20)19-18-13-11-17(12-14-18)10-6-5-9-16-7-3-2-4-8-16;/h2-4,7-8,11-14H,5-6,9-10H2,1H3,(H,19,20);1H. The summed E-state index contributed by atoms with van der Waals surface area (Å²) in [6, 6.07) is 18.7. The van der Waals surface area contributed by atoms with Crippen LogP contribution >= 0.6 is 12.4 Å². The van der Waals surface area contributed by atoms with Crippen LogP contribution in [-0.2, 0) is 17.6 Å². The Balaban J connectivity index is 0.00000220. The summed E-state index contributed by atoms with van der Waals surface area (Å²) in [5, 5.41) is 2.78. The second kappa shape index (κ2) is 9.19. The van der Waals surface area contributed by atoms with Crippen LogP contribution in [0.4, 0.5) is 5.69 Å². The van der Waals surface area contributed by atoms with Gasteiger partial charge in [-0.25, -0.2) is 0 Å². The lowest BCUT2D eigenvalue weighted by atomic mass is 10.0. The summed E-state index contributed by atoms with van der Waals surface area (Å²) >= 11 is 0. The molecule has 0 bridgehead atoms. The van der Waals surface area contributed by atoms with E-state index in [1.165, 1.54) is 30.9 Å². The minimum absolute atomic E-state index is 0. The molecule has 0 aliphatic rings. The van der Waals surface area contributed by atoms with Gasteiger partial charge in [0.2, 0.25) is 5.91 Å². The Kier molecular flexibility index (Phi) is 7.55. The SMILES string of the molecule is CC(=O)Nc1ccc(CCCCc2ccccc2)cc1.Cl. The summed E-state index contributed by atoms with van der Waals surface area (Å²) in [5.74, 6) is -0.0272. The molecule has 0 saturated heterocycles. The van der Waals surface area contributed by atoms with Gasteiger partial charge in [-0.15, -0.1) is 12.4 Å². The molecule has 0 aliphatic heterocycles. The summed E-state index contributed by atoms with van der Waals surface area (Å²) in [5.41, 5.74) is 3.60.